The van der Waals surface area contributed by atoms with E-state index >= 15 is 0 Å². The summed E-state index contributed by atoms with van der Waals surface area (Å²) in [5.41, 5.74) is 1.000. The quantitative estimate of drug-likeness (QED) is 0.438. The second-order valence-corrected chi connectivity index (χ2v) is 7.15. The highest BCUT2D eigenvalue weighted by atomic mass is 35.5. The van der Waals surface area contributed by atoms with E-state index in [9.17, 15) is 24.8 Å². The van der Waals surface area contributed by atoms with Crippen LogP contribution >= 0.6 is 23.4 Å². The number of nitro groups is 1. The molecule has 1 saturated heterocycles. The fourth-order valence-corrected chi connectivity index (χ4v) is 3.58. The molecule has 2 aromatic carbocycles. The number of aromatic hydroxyl groups is 1. The highest BCUT2D eigenvalue weighted by Crippen LogP contribution is 2.38. The van der Waals surface area contributed by atoms with Gasteiger partial charge in [-0.25, -0.2) is 0 Å². The molecule has 0 spiro atoms. The lowest BCUT2D eigenvalue weighted by molar-refractivity contribution is -0.384. The van der Waals surface area contributed by atoms with Gasteiger partial charge >= 0.3 is 0 Å². The molecule has 0 radical (unpaired) electrons. The summed E-state index contributed by atoms with van der Waals surface area (Å²) in [4.78, 5) is 36.3. The Morgan fingerprint density at radius 2 is 1.96 bits per heavy atom. The van der Waals surface area contributed by atoms with Gasteiger partial charge in [0.25, 0.3) is 16.8 Å². The van der Waals surface area contributed by atoms with Gasteiger partial charge in [-0.1, -0.05) is 23.7 Å². The summed E-state index contributed by atoms with van der Waals surface area (Å²) in [6, 6.07) is 8.56. The van der Waals surface area contributed by atoms with Crippen molar-refractivity contribution in [3.05, 3.63) is 67.6 Å². The van der Waals surface area contributed by atoms with Gasteiger partial charge in [-0.2, -0.15) is 0 Å². The average Bonchev–Trinajstić information content (AvgIpc) is 2.92. The van der Waals surface area contributed by atoms with E-state index in [4.69, 9.17) is 16.3 Å². The first-order valence-electron chi connectivity index (χ1n) is 7.85. The van der Waals surface area contributed by atoms with Gasteiger partial charge in [0.2, 0.25) is 0 Å². The predicted molar refractivity (Wildman–Crippen MR) is 104 cm³/mol. The Hall–Kier alpha value is -3.04. The van der Waals surface area contributed by atoms with Gasteiger partial charge in [0.05, 0.1) is 28.5 Å². The monoisotopic (exact) mass is 420 g/mol. The molecule has 0 atom stereocenters. The number of rotatable bonds is 5. The number of halogens is 1. The molecule has 10 heteroatoms. The molecule has 3 rings (SSSR count). The summed E-state index contributed by atoms with van der Waals surface area (Å²) in [6.07, 6.45) is 1.48. The number of phenolic OH excluding ortho intramolecular Hbond substituents is 1. The summed E-state index contributed by atoms with van der Waals surface area (Å²) < 4.78 is 5.02. The van der Waals surface area contributed by atoms with Crippen molar-refractivity contribution < 1.29 is 24.4 Å². The van der Waals surface area contributed by atoms with Crippen molar-refractivity contribution >= 4 is 46.3 Å². The zero-order chi connectivity index (χ0) is 20.4. The molecule has 0 aromatic heterocycles. The van der Waals surface area contributed by atoms with Gasteiger partial charge < -0.3 is 9.84 Å². The number of benzene rings is 2. The van der Waals surface area contributed by atoms with Crippen LogP contribution in [0.3, 0.4) is 0 Å². The maximum atomic E-state index is 12.6. The van der Waals surface area contributed by atoms with E-state index in [1.807, 2.05) is 0 Å². The van der Waals surface area contributed by atoms with Crippen molar-refractivity contribution in [2.24, 2.45) is 0 Å². The lowest BCUT2D eigenvalue weighted by atomic mass is 10.1. The number of amides is 2. The molecule has 1 fully saturated rings. The first kappa shape index (κ1) is 19.7. The maximum absolute atomic E-state index is 12.6. The number of nitrogens with zero attached hydrogens (tertiary/aromatic N) is 2. The largest absolute Gasteiger partial charge is 0.503 e. The average molecular weight is 421 g/mol. The van der Waals surface area contributed by atoms with E-state index in [1.165, 1.54) is 49.6 Å². The summed E-state index contributed by atoms with van der Waals surface area (Å²) in [6.45, 7) is -0.000341. The number of methoxy groups -OCH3 is 1. The Kier molecular flexibility index (Phi) is 5.57. The van der Waals surface area contributed by atoms with Crippen molar-refractivity contribution in [1.29, 1.82) is 0 Å². The zero-order valence-corrected chi connectivity index (χ0v) is 16.0. The Balaban J connectivity index is 1.82. The number of nitro benzene ring substituents is 1. The van der Waals surface area contributed by atoms with E-state index in [0.717, 1.165) is 16.7 Å². The molecule has 28 heavy (non-hydrogen) atoms. The lowest BCUT2D eigenvalue weighted by Gasteiger charge is -2.12. The van der Waals surface area contributed by atoms with Crippen molar-refractivity contribution in [1.82, 2.24) is 4.90 Å². The lowest BCUT2D eigenvalue weighted by Crippen LogP contribution is -2.27. The normalized spacial score (nSPS) is 15.4. The summed E-state index contributed by atoms with van der Waals surface area (Å²) in [5.74, 6) is -0.562. The summed E-state index contributed by atoms with van der Waals surface area (Å²) in [7, 11) is 1.37. The van der Waals surface area contributed by atoms with E-state index in [1.54, 1.807) is 0 Å². The van der Waals surface area contributed by atoms with Crippen LogP contribution in [0.25, 0.3) is 6.08 Å². The molecular weight excluding hydrogens is 408 g/mol. The number of hydrogen-bond donors (Lipinski definition) is 1. The van der Waals surface area contributed by atoms with Crippen LogP contribution in [0.1, 0.15) is 11.1 Å². The fourth-order valence-electron chi connectivity index (χ4n) is 2.53. The molecule has 0 unspecified atom stereocenters. The van der Waals surface area contributed by atoms with Crippen molar-refractivity contribution in [2.45, 2.75) is 6.54 Å². The molecule has 1 heterocycles. The molecule has 1 N–H and O–H groups in total. The maximum Gasteiger partial charge on any atom is 0.293 e. The topological polar surface area (TPSA) is 110 Å². The second-order valence-electron chi connectivity index (χ2n) is 5.75. The van der Waals surface area contributed by atoms with Crippen molar-refractivity contribution in [3.63, 3.8) is 0 Å². The number of imide groups is 1. The zero-order valence-electron chi connectivity index (χ0n) is 14.4. The third-order valence-corrected chi connectivity index (χ3v) is 5.13. The minimum absolute atomic E-state index is 0.000341. The first-order valence-corrected chi connectivity index (χ1v) is 9.05. The Labute approximate surface area is 168 Å². The molecule has 2 aromatic rings. The Morgan fingerprint density at radius 3 is 2.57 bits per heavy atom. The highest BCUT2D eigenvalue weighted by molar-refractivity contribution is 8.18. The number of carbonyl (C=O) groups excluding carboxylic acids is 2. The molecule has 1 aliphatic rings. The number of phenols is 1. The SMILES string of the molecule is COc1cc(/C=C2/SC(=O)N(Cc3ccc([N+](=O)[O-])cc3)C2=O)cc(Cl)c1O. The van der Waals surface area contributed by atoms with E-state index < -0.39 is 16.1 Å². The van der Waals surface area contributed by atoms with Crippen molar-refractivity contribution in [3.8, 4) is 11.5 Å². The number of ether oxygens (including phenoxy) is 1. The van der Waals surface area contributed by atoms with E-state index in [-0.39, 0.29) is 33.7 Å². The van der Waals surface area contributed by atoms with Crippen LogP contribution in [0.2, 0.25) is 5.02 Å². The molecule has 0 aliphatic carbocycles. The number of thioether (sulfide) groups is 1. The standard InChI is InChI=1S/C18H13ClN2O6S/c1-27-14-7-11(6-13(19)16(14)22)8-15-17(23)20(18(24)28-15)9-10-2-4-12(5-3-10)21(25)26/h2-8,22H,9H2,1H3/b15-8+. The minimum atomic E-state index is -0.524. The number of non-ortho nitro benzene ring substituents is 1. The number of carbonyl (C=O) groups is 2. The summed E-state index contributed by atoms with van der Waals surface area (Å²) in [5, 5.41) is 20.1. The Morgan fingerprint density at radius 1 is 1.29 bits per heavy atom. The molecule has 144 valence electrons. The number of hydrogen-bond acceptors (Lipinski definition) is 7. The van der Waals surface area contributed by atoms with Crippen LogP contribution < -0.4 is 4.74 Å². The molecule has 0 saturated carbocycles. The van der Waals surface area contributed by atoms with Crippen LogP contribution in [0.4, 0.5) is 10.5 Å². The van der Waals surface area contributed by atoms with Gasteiger partial charge in [-0.05, 0) is 41.1 Å². The smallest absolute Gasteiger partial charge is 0.293 e. The molecule has 2 amide bonds. The molecule has 1 aliphatic heterocycles. The third kappa shape index (κ3) is 3.95. The van der Waals surface area contributed by atoms with Gasteiger partial charge in [-0.15, -0.1) is 0 Å². The van der Waals surface area contributed by atoms with Crippen LogP contribution in [-0.2, 0) is 11.3 Å². The van der Waals surface area contributed by atoms with Gasteiger partial charge in [0, 0.05) is 12.1 Å². The highest BCUT2D eigenvalue weighted by Gasteiger charge is 2.35. The summed E-state index contributed by atoms with van der Waals surface area (Å²) >= 11 is 6.71. The van der Waals surface area contributed by atoms with Gasteiger partial charge in [0.1, 0.15) is 0 Å². The van der Waals surface area contributed by atoms with Crippen LogP contribution in [-0.4, -0.2) is 33.2 Å². The third-order valence-electron chi connectivity index (χ3n) is 3.93. The van der Waals surface area contributed by atoms with Gasteiger partial charge in [-0.3, -0.25) is 24.6 Å². The molecule has 0 bridgehead atoms. The van der Waals surface area contributed by atoms with E-state index in [2.05, 4.69) is 0 Å². The van der Waals surface area contributed by atoms with E-state index in [0.29, 0.717) is 11.1 Å². The second kappa shape index (κ2) is 7.91. The van der Waals surface area contributed by atoms with Crippen LogP contribution in [0.15, 0.2) is 41.3 Å². The Bertz CT molecular complexity index is 1010. The first-order chi connectivity index (χ1) is 13.3. The molecular formula is C18H13ClN2O6S. The van der Waals surface area contributed by atoms with Gasteiger partial charge in [0.15, 0.2) is 11.5 Å². The predicted octanol–water partition coefficient (Wildman–Crippen LogP) is 4.20. The van der Waals surface area contributed by atoms with Crippen LogP contribution in [0, 0.1) is 10.1 Å². The minimum Gasteiger partial charge on any atom is -0.503 e. The van der Waals surface area contributed by atoms with Crippen LogP contribution in [0.5, 0.6) is 11.5 Å². The molecule has 8 nitrogen and oxygen atoms in total. The fraction of sp³-hybridized carbons (Fsp3) is 0.111. The van der Waals surface area contributed by atoms with Crippen molar-refractivity contribution in [2.75, 3.05) is 7.11 Å².